The van der Waals surface area contributed by atoms with Gasteiger partial charge in [0.2, 0.25) is 0 Å². The van der Waals surface area contributed by atoms with Crippen LogP contribution in [0.1, 0.15) is 26.3 Å². The van der Waals surface area contributed by atoms with Crippen molar-refractivity contribution in [2.24, 2.45) is 0 Å². The predicted molar refractivity (Wildman–Crippen MR) is 93.6 cm³/mol. The largest absolute Gasteiger partial charge is 0.255 e. The molecule has 0 spiro atoms. The van der Waals surface area contributed by atoms with Crippen molar-refractivity contribution in [1.82, 2.24) is 4.98 Å². The van der Waals surface area contributed by atoms with Gasteiger partial charge in [0, 0.05) is 21.6 Å². The summed E-state index contributed by atoms with van der Waals surface area (Å²) in [5, 5.41) is 1.20. The number of hydrogen-bond acceptors (Lipinski definition) is 1. The van der Waals surface area contributed by atoms with Crippen LogP contribution in [0, 0.1) is 0 Å². The molecule has 1 heterocycles. The van der Waals surface area contributed by atoms with Crippen LogP contribution in [0.25, 0.3) is 22.0 Å². The van der Waals surface area contributed by atoms with Crippen LogP contribution in [0.2, 0.25) is 0 Å². The average Bonchev–Trinajstić information content (AvgIpc) is 2.46. The van der Waals surface area contributed by atoms with E-state index >= 15 is 0 Å². The van der Waals surface area contributed by atoms with Gasteiger partial charge in [-0.25, -0.2) is 0 Å². The Hall–Kier alpha value is -1.67. The van der Waals surface area contributed by atoms with Gasteiger partial charge >= 0.3 is 0 Å². The summed E-state index contributed by atoms with van der Waals surface area (Å²) in [6.45, 7) is 6.71. The van der Waals surface area contributed by atoms with Crippen LogP contribution in [-0.2, 0) is 5.41 Å². The van der Waals surface area contributed by atoms with E-state index in [2.05, 4.69) is 84.1 Å². The van der Waals surface area contributed by atoms with Gasteiger partial charge in [-0.15, -0.1) is 0 Å². The molecule has 0 amide bonds. The quantitative estimate of drug-likeness (QED) is 0.532. The standard InChI is InChI=1S/C19H18BrN/c1-19(2,3)14-9-10-17-15(11-14)18(16(20)12-21-17)13-7-5-4-6-8-13/h4-12H,1-3H3. The Bertz CT molecular complexity index is 786. The second-order valence-corrected chi connectivity index (χ2v) is 7.18. The first-order valence-corrected chi connectivity index (χ1v) is 7.90. The minimum absolute atomic E-state index is 0.129. The lowest BCUT2D eigenvalue weighted by molar-refractivity contribution is 0.591. The van der Waals surface area contributed by atoms with Gasteiger partial charge in [-0.1, -0.05) is 57.2 Å². The summed E-state index contributed by atoms with van der Waals surface area (Å²) >= 11 is 3.67. The van der Waals surface area contributed by atoms with Crippen molar-refractivity contribution in [1.29, 1.82) is 0 Å². The van der Waals surface area contributed by atoms with E-state index in [1.165, 1.54) is 22.1 Å². The Morgan fingerprint density at radius 2 is 1.67 bits per heavy atom. The third-order valence-electron chi connectivity index (χ3n) is 3.75. The molecule has 0 fully saturated rings. The highest BCUT2D eigenvalue weighted by atomic mass is 79.9. The Morgan fingerprint density at radius 3 is 2.33 bits per heavy atom. The number of halogens is 1. The molecule has 1 aromatic heterocycles. The monoisotopic (exact) mass is 339 g/mol. The molecule has 0 aliphatic carbocycles. The SMILES string of the molecule is CC(C)(C)c1ccc2ncc(Br)c(-c3ccccc3)c2c1. The molecule has 3 rings (SSSR count). The zero-order valence-electron chi connectivity index (χ0n) is 12.5. The third kappa shape index (κ3) is 2.73. The van der Waals surface area contributed by atoms with Crippen molar-refractivity contribution >= 4 is 26.8 Å². The lowest BCUT2D eigenvalue weighted by Gasteiger charge is -2.20. The maximum Gasteiger partial charge on any atom is 0.0709 e. The first kappa shape index (κ1) is 14.3. The molecule has 1 nitrogen and oxygen atoms in total. The van der Waals surface area contributed by atoms with Crippen LogP contribution >= 0.6 is 15.9 Å². The topological polar surface area (TPSA) is 12.9 Å². The zero-order chi connectivity index (χ0) is 15.0. The maximum atomic E-state index is 4.54. The Balaban J connectivity index is 2.34. The van der Waals surface area contributed by atoms with Crippen molar-refractivity contribution in [3.05, 3.63) is 64.8 Å². The van der Waals surface area contributed by atoms with Crippen LogP contribution in [0.4, 0.5) is 0 Å². The first-order valence-electron chi connectivity index (χ1n) is 7.11. The number of aromatic nitrogens is 1. The molecule has 0 unspecified atom stereocenters. The second kappa shape index (κ2) is 5.27. The molecule has 0 aliphatic rings. The Labute approximate surface area is 134 Å². The lowest BCUT2D eigenvalue weighted by atomic mass is 9.85. The van der Waals surface area contributed by atoms with E-state index < -0.39 is 0 Å². The summed E-state index contributed by atoms with van der Waals surface area (Å²) in [6, 6.07) is 17.0. The van der Waals surface area contributed by atoms with Crippen LogP contribution in [0.15, 0.2) is 59.2 Å². The maximum absolute atomic E-state index is 4.54. The van der Waals surface area contributed by atoms with E-state index in [0.29, 0.717) is 0 Å². The molecule has 0 bridgehead atoms. The average molecular weight is 340 g/mol. The van der Waals surface area contributed by atoms with E-state index in [9.17, 15) is 0 Å². The third-order valence-corrected chi connectivity index (χ3v) is 4.35. The molecule has 0 saturated carbocycles. The minimum Gasteiger partial charge on any atom is -0.255 e. The molecule has 0 saturated heterocycles. The van der Waals surface area contributed by atoms with E-state index in [-0.39, 0.29) is 5.41 Å². The van der Waals surface area contributed by atoms with Crippen LogP contribution in [0.5, 0.6) is 0 Å². The molecule has 2 aromatic carbocycles. The van der Waals surface area contributed by atoms with Gasteiger partial charge in [-0.3, -0.25) is 4.98 Å². The molecular formula is C19H18BrN. The van der Waals surface area contributed by atoms with Gasteiger partial charge in [0.1, 0.15) is 0 Å². The van der Waals surface area contributed by atoms with Crippen molar-refractivity contribution < 1.29 is 0 Å². The van der Waals surface area contributed by atoms with Gasteiger partial charge < -0.3 is 0 Å². The van der Waals surface area contributed by atoms with E-state index in [1.807, 2.05) is 12.3 Å². The van der Waals surface area contributed by atoms with Gasteiger partial charge in [0.15, 0.2) is 0 Å². The van der Waals surface area contributed by atoms with Gasteiger partial charge in [-0.2, -0.15) is 0 Å². The van der Waals surface area contributed by atoms with Crippen molar-refractivity contribution in [2.45, 2.75) is 26.2 Å². The first-order chi connectivity index (χ1) is 9.97. The number of rotatable bonds is 1. The number of nitrogens with zero attached hydrogens (tertiary/aromatic N) is 1. The highest BCUT2D eigenvalue weighted by Crippen LogP contribution is 2.36. The lowest BCUT2D eigenvalue weighted by Crippen LogP contribution is -2.10. The summed E-state index contributed by atoms with van der Waals surface area (Å²) in [6.07, 6.45) is 1.89. The fourth-order valence-electron chi connectivity index (χ4n) is 2.53. The van der Waals surface area contributed by atoms with Gasteiger partial charge in [0.25, 0.3) is 0 Å². The van der Waals surface area contributed by atoms with Gasteiger partial charge in [0.05, 0.1) is 5.52 Å². The Morgan fingerprint density at radius 1 is 0.952 bits per heavy atom. The van der Waals surface area contributed by atoms with Crippen molar-refractivity contribution in [2.75, 3.05) is 0 Å². The number of pyridine rings is 1. The molecule has 21 heavy (non-hydrogen) atoms. The van der Waals surface area contributed by atoms with Crippen LogP contribution < -0.4 is 0 Å². The van der Waals surface area contributed by atoms with Crippen molar-refractivity contribution in [3.63, 3.8) is 0 Å². The van der Waals surface area contributed by atoms with E-state index in [1.54, 1.807) is 0 Å². The van der Waals surface area contributed by atoms with Crippen LogP contribution in [0.3, 0.4) is 0 Å². The fraction of sp³-hybridized carbons (Fsp3) is 0.211. The minimum atomic E-state index is 0.129. The summed E-state index contributed by atoms with van der Waals surface area (Å²) in [5.41, 5.74) is 4.91. The van der Waals surface area contributed by atoms with E-state index in [4.69, 9.17) is 0 Å². The fourth-order valence-corrected chi connectivity index (χ4v) is 3.08. The number of benzene rings is 2. The second-order valence-electron chi connectivity index (χ2n) is 6.33. The summed E-state index contributed by atoms with van der Waals surface area (Å²) < 4.78 is 1.03. The number of hydrogen-bond donors (Lipinski definition) is 0. The predicted octanol–water partition coefficient (Wildman–Crippen LogP) is 5.96. The van der Waals surface area contributed by atoms with Crippen LogP contribution in [-0.4, -0.2) is 4.98 Å². The number of fused-ring (bicyclic) bond motifs is 1. The summed E-state index contributed by atoms with van der Waals surface area (Å²) in [5.74, 6) is 0. The molecule has 0 aliphatic heterocycles. The smallest absolute Gasteiger partial charge is 0.0709 e. The zero-order valence-corrected chi connectivity index (χ0v) is 14.1. The summed E-state index contributed by atoms with van der Waals surface area (Å²) in [7, 11) is 0. The summed E-state index contributed by atoms with van der Waals surface area (Å²) in [4.78, 5) is 4.54. The molecule has 0 radical (unpaired) electrons. The normalized spacial score (nSPS) is 11.8. The molecular weight excluding hydrogens is 322 g/mol. The highest BCUT2D eigenvalue weighted by molar-refractivity contribution is 9.10. The molecule has 106 valence electrons. The molecule has 2 heteroatoms. The molecule has 0 N–H and O–H groups in total. The Kier molecular flexibility index (Phi) is 3.58. The highest BCUT2D eigenvalue weighted by Gasteiger charge is 2.16. The van der Waals surface area contributed by atoms with E-state index in [0.717, 1.165) is 9.99 Å². The molecule has 3 aromatic rings. The van der Waals surface area contributed by atoms with Gasteiger partial charge in [-0.05, 0) is 44.6 Å². The molecule has 0 atom stereocenters. The van der Waals surface area contributed by atoms with Crippen molar-refractivity contribution in [3.8, 4) is 11.1 Å².